The third-order valence-electron chi connectivity index (χ3n) is 1.68. The summed E-state index contributed by atoms with van der Waals surface area (Å²) in [5.74, 6) is 0.00185. The van der Waals surface area contributed by atoms with Crippen LogP contribution in [-0.4, -0.2) is 38.9 Å². The molecule has 13 heavy (non-hydrogen) atoms. The number of aliphatic hydroxyl groups is 1. The Morgan fingerprint density at radius 3 is 2.77 bits per heavy atom. The van der Waals surface area contributed by atoms with Gasteiger partial charge in [-0.2, -0.15) is 0 Å². The Balaban J connectivity index is 2.85. The van der Waals surface area contributed by atoms with E-state index in [0.717, 1.165) is 0 Å². The molecule has 1 rings (SSSR count). The lowest BCUT2D eigenvalue weighted by Crippen LogP contribution is -2.36. The molecule has 0 bridgehead atoms. The zero-order valence-electron chi connectivity index (χ0n) is 7.80. The van der Waals surface area contributed by atoms with Crippen molar-refractivity contribution in [3.05, 3.63) is 6.33 Å². The fraction of sp³-hybridized carbons (Fsp3) is 0.571. The minimum atomic E-state index is -1.03. The van der Waals surface area contributed by atoms with Gasteiger partial charge in [0.05, 0.1) is 0 Å². The normalized spacial score (nSPS) is 12.6. The number of amides is 1. The summed E-state index contributed by atoms with van der Waals surface area (Å²) < 4.78 is 1.60. The van der Waals surface area contributed by atoms with Crippen LogP contribution in [0, 0.1) is 0 Å². The number of carbonyl (C=O) groups excluding carboxylic acids is 1. The molecule has 1 aromatic rings. The van der Waals surface area contributed by atoms with E-state index in [-0.39, 0.29) is 0 Å². The maximum absolute atomic E-state index is 11.3. The largest absolute Gasteiger partial charge is 0.384 e. The summed E-state index contributed by atoms with van der Waals surface area (Å²) in [5, 5.41) is 16.4. The maximum atomic E-state index is 11.3. The summed E-state index contributed by atoms with van der Waals surface area (Å²) >= 11 is 0. The predicted molar refractivity (Wildman–Crippen MR) is 46.1 cm³/mol. The average Bonchev–Trinajstić information content (AvgIpc) is 2.48. The SMILES string of the molecule is C[C@H](O)C(=O)N(C)c1nncn1C. The zero-order valence-corrected chi connectivity index (χ0v) is 7.80. The maximum Gasteiger partial charge on any atom is 0.257 e. The monoisotopic (exact) mass is 184 g/mol. The van der Waals surface area contributed by atoms with E-state index >= 15 is 0 Å². The first kappa shape index (κ1) is 9.66. The van der Waals surface area contributed by atoms with Crippen molar-refractivity contribution < 1.29 is 9.90 Å². The number of aromatic nitrogens is 3. The van der Waals surface area contributed by atoms with Gasteiger partial charge in [-0.15, -0.1) is 10.2 Å². The summed E-state index contributed by atoms with van der Waals surface area (Å²) in [6, 6.07) is 0. The number of anilines is 1. The number of rotatable bonds is 2. The van der Waals surface area contributed by atoms with Crippen LogP contribution in [-0.2, 0) is 11.8 Å². The van der Waals surface area contributed by atoms with Crippen LogP contribution in [0.2, 0.25) is 0 Å². The minimum Gasteiger partial charge on any atom is -0.384 e. The van der Waals surface area contributed by atoms with Crippen molar-refractivity contribution in [1.82, 2.24) is 14.8 Å². The fourth-order valence-corrected chi connectivity index (χ4v) is 0.960. The number of likely N-dealkylation sites (N-methyl/N-ethyl adjacent to an activating group) is 1. The Hall–Kier alpha value is -1.43. The summed E-state index contributed by atoms with van der Waals surface area (Å²) in [4.78, 5) is 12.5. The van der Waals surface area contributed by atoms with Gasteiger partial charge in [-0.05, 0) is 6.92 Å². The molecule has 0 saturated carbocycles. The molecule has 1 aromatic heterocycles. The van der Waals surface area contributed by atoms with Crippen molar-refractivity contribution in [1.29, 1.82) is 0 Å². The number of aryl methyl sites for hydroxylation is 1. The van der Waals surface area contributed by atoms with Gasteiger partial charge in [0.2, 0.25) is 5.95 Å². The third kappa shape index (κ3) is 1.83. The van der Waals surface area contributed by atoms with E-state index in [1.807, 2.05) is 0 Å². The van der Waals surface area contributed by atoms with E-state index < -0.39 is 12.0 Å². The lowest BCUT2D eigenvalue weighted by atomic mass is 10.3. The standard InChI is InChI=1S/C7H12N4O2/c1-5(12)6(13)11(3)7-9-8-4-10(7)2/h4-5,12H,1-3H3/t5-/m0/s1. The second-order valence-corrected chi connectivity index (χ2v) is 2.82. The van der Waals surface area contributed by atoms with Crippen LogP contribution < -0.4 is 4.90 Å². The molecule has 6 nitrogen and oxygen atoms in total. The van der Waals surface area contributed by atoms with Crippen molar-refractivity contribution in [3.63, 3.8) is 0 Å². The van der Waals surface area contributed by atoms with Gasteiger partial charge in [-0.3, -0.25) is 9.69 Å². The highest BCUT2D eigenvalue weighted by Crippen LogP contribution is 2.06. The second kappa shape index (κ2) is 3.53. The minimum absolute atomic E-state index is 0.406. The molecular weight excluding hydrogens is 172 g/mol. The molecule has 0 saturated heterocycles. The molecule has 1 amide bonds. The molecule has 1 atom stereocenters. The van der Waals surface area contributed by atoms with Gasteiger partial charge in [0.25, 0.3) is 5.91 Å². The van der Waals surface area contributed by atoms with Crippen LogP contribution in [0.1, 0.15) is 6.92 Å². The predicted octanol–water partition coefficient (Wildman–Crippen LogP) is -0.841. The number of carbonyl (C=O) groups is 1. The Morgan fingerprint density at radius 1 is 1.77 bits per heavy atom. The van der Waals surface area contributed by atoms with Crippen molar-refractivity contribution >= 4 is 11.9 Å². The summed E-state index contributed by atoms with van der Waals surface area (Å²) in [7, 11) is 3.26. The number of nitrogens with zero attached hydrogens (tertiary/aromatic N) is 4. The first-order valence-corrected chi connectivity index (χ1v) is 3.83. The molecule has 1 N–H and O–H groups in total. The van der Waals surface area contributed by atoms with Gasteiger partial charge in [0, 0.05) is 14.1 Å². The highest BCUT2D eigenvalue weighted by atomic mass is 16.3. The summed E-state index contributed by atoms with van der Waals surface area (Å²) in [6.45, 7) is 1.41. The topological polar surface area (TPSA) is 71.2 Å². The summed E-state index contributed by atoms with van der Waals surface area (Å²) in [5.41, 5.74) is 0. The molecule has 6 heteroatoms. The van der Waals surface area contributed by atoms with Gasteiger partial charge in [0.15, 0.2) is 0 Å². The molecule has 0 unspecified atom stereocenters. The number of hydrogen-bond donors (Lipinski definition) is 1. The molecular formula is C7H12N4O2. The van der Waals surface area contributed by atoms with E-state index in [4.69, 9.17) is 5.11 Å². The molecule has 72 valence electrons. The van der Waals surface area contributed by atoms with Gasteiger partial charge >= 0.3 is 0 Å². The number of hydrogen-bond acceptors (Lipinski definition) is 4. The summed E-state index contributed by atoms with van der Waals surface area (Å²) in [6.07, 6.45) is 0.461. The molecule has 0 fully saturated rings. The van der Waals surface area contributed by atoms with Crippen molar-refractivity contribution in [2.45, 2.75) is 13.0 Å². The van der Waals surface area contributed by atoms with E-state index in [2.05, 4.69) is 10.2 Å². The van der Waals surface area contributed by atoms with Crippen molar-refractivity contribution in [3.8, 4) is 0 Å². The highest BCUT2D eigenvalue weighted by molar-refractivity contribution is 5.94. The molecule has 0 spiro atoms. The van der Waals surface area contributed by atoms with Gasteiger partial charge < -0.3 is 9.67 Å². The van der Waals surface area contributed by atoms with Crippen LogP contribution in [0.25, 0.3) is 0 Å². The molecule has 0 aliphatic rings. The molecule has 0 aliphatic carbocycles. The highest BCUT2D eigenvalue weighted by Gasteiger charge is 2.19. The van der Waals surface area contributed by atoms with Gasteiger partial charge in [-0.1, -0.05) is 0 Å². The van der Waals surface area contributed by atoms with Crippen LogP contribution in [0.15, 0.2) is 6.33 Å². The first-order chi connectivity index (χ1) is 6.04. The Morgan fingerprint density at radius 2 is 2.38 bits per heavy atom. The molecule has 1 heterocycles. The first-order valence-electron chi connectivity index (χ1n) is 3.83. The molecule has 0 aliphatic heterocycles. The van der Waals surface area contributed by atoms with Crippen LogP contribution in [0.5, 0.6) is 0 Å². The third-order valence-corrected chi connectivity index (χ3v) is 1.68. The van der Waals surface area contributed by atoms with Gasteiger partial charge in [-0.25, -0.2) is 0 Å². The van der Waals surface area contributed by atoms with Gasteiger partial charge in [0.1, 0.15) is 12.4 Å². The lowest BCUT2D eigenvalue weighted by Gasteiger charge is -2.16. The van der Waals surface area contributed by atoms with Crippen LogP contribution in [0.3, 0.4) is 0 Å². The van der Waals surface area contributed by atoms with Crippen LogP contribution in [0.4, 0.5) is 5.95 Å². The Kier molecular flexibility index (Phi) is 2.62. The fourth-order valence-electron chi connectivity index (χ4n) is 0.960. The van der Waals surface area contributed by atoms with Crippen molar-refractivity contribution in [2.75, 3.05) is 11.9 Å². The van der Waals surface area contributed by atoms with E-state index in [0.29, 0.717) is 5.95 Å². The molecule has 0 radical (unpaired) electrons. The quantitative estimate of drug-likeness (QED) is 0.650. The van der Waals surface area contributed by atoms with E-state index in [1.165, 1.54) is 18.2 Å². The van der Waals surface area contributed by atoms with Crippen molar-refractivity contribution in [2.24, 2.45) is 7.05 Å². The van der Waals surface area contributed by atoms with Crippen LogP contribution >= 0.6 is 0 Å². The smallest absolute Gasteiger partial charge is 0.257 e. The Labute approximate surface area is 75.8 Å². The van der Waals surface area contributed by atoms with E-state index in [9.17, 15) is 4.79 Å². The average molecular weight is 184 g/mol. The molecule has 0 aromatic carbocycles. The number of aliphatic hydroxyl groups excluding tert-OH is 1. The zero-order chi connectivity index (χ0) is 10.0. The Bertz CT molecular complexity index is 307. The second-order valence-electron chi connectivity index (χ2n) is 2.82. The van der Waals surface area contributed by atoms with E-state index in [1.54, 1.807) is 18.7 Å². The lowest BCUT2D eigenvalue weighted by molar-refractivity contribution is -0.125.